The van der Waals surface area contributed by atoms with E-state index in [1.54, 1.807) is 18.2 Å². The summed E-state index contributed by atoms with van der Waals surface area (Å²) in [6, 6.07) is 10.3. The third kappa shape index (κ3) is 6.11. The summed E-state index contributed by atoms with van der Waals surface area (Å²) in [5, 5.41) is 2.60. The molecule has 1 amide bonds. The normalized spacial score (nSPS) is 10.3. The van der Waals surface area contributed by atoms with Crippen LogP contribution in [0, 0.1) is 0 Å². The Morgan fingerprint density at radius 1 is 1.04 bits per heavy atom. The second-order valence-corrected chi connectivity index (χ2v) is 5.45. The van der Waals surface area contributed by atoms with Gasteiger partial charge < -0.3 is 24.3 Å². The average molecular weight is 395 g/mol. The van der Waals surface area contributed by atoms with Crippen LogP contribution < -0.4 is 19.5 Å². The van der Waals surface area contributed by atoms with E-state index in [0.717, 1.165) is 11.6 Å². The number of halogens is 2. The first-order valence-electron chi connectivity index (χ1n) is 8.12. The van der Waals surface area contributed by atoms with Crippen LogP contribution in [0.4, 0.5) is 8.78 Å². The van der Waals surface area contributed by atoms with Crippen LogP contribution in [0.5, 0.6) is 17.2 Å². The van der Waals surface area contributed by atoms with Gasteiger partial charge in [0.25, 0.3) is 5.91 Å². The predicted octanol–water partition coefficient (Wildman–Crippen LogP) is 2.78. The van der Waals surface area contributed by atoms with Crippen LogP contribution in [0.3, 0.4) is 0 Å². The van der Waals surface area contributed by atoms with Crippen molar-refractivity contribution in [3.05, 3.63) is 53.6 Å². The molecule has 0 bridgehead atoms. The lowest BCUT2D eigenvalue weighted by molar-refractivity contribution is -0.124. The van der Waals surface area contributed by atoms with Gasteiger partial charge in [-0.3, -0.25) is 4.79 Å². The van der Waals surface area contributed by atoms with Gasteiger partial charge in [-0.1, -0.05) is 12.1 Å². The van der Waals surface area contributed by atoms with Crippen LogP contribution in [-0.4, -0.2) is 39.3 Å². The largest absolute Gasteiger partial charge is 0.493 e. The highest BCUT2D eigenvalue weighted by molar-refractivity contribution is 5.91. The number of esters is 1. The number of amides is 1. The molecule has 0 saturated carbocycles. The van der Waals surface area contributed by atoms with Crippen molar-refractivity contribution in [2.45, 2.75) is 13.2 Å². The van der Waals surface area contributed by atoms with E-state index in [-0.39, 0.29) is 17.9 Å². The Labute approximate surface area is 160 Å². The molecule has 7 nitrogen and oxygen atoms in total. The van der Waals surface area contributed by atoms with E-state index in [4.69, 9.17) is 14.2 Å². The van der Waals surface area contributed by atoms with Gasteiger partial charge in [-0.25, -0.2) is 4.79 Å². The summed E-state index contributed by atoms with van der Waals surface area (Å²) in [7, 11) is 3.02. The zero-order valence-corrected chi connectivity index (χ0v) is 15.2. The first-order valence-corrected chi connectivity index (χ1v) is 8.12. The van der Waals surface area contributed by atoms with Crippen LogP contribution in [0.15, 0.2) is 42.5 Å². The number of hydrogen-bond donors (Lipinski definition) is 1. The topological polar surface area (TPSA) is 83.1 Å². The molecule has 0 unspecified atom stereocenters. The fourth-order valence-electron chi connectivity index (χ4n) is 2.26. The number of methoxy groups -OCH3 is 2. The third-order valence-electron chi connectivity index (χ3n) is 3.57. The predicted molar refractivity (Wildman–Crippen MR) is 94.7 cm³/mol. The number of hydrogen-bond acceptors (Lipinski definition) is 6. The van der Waals surface area contributed by atoms with Crippen LogP contribution in [0.25, 0.3) is 0 Å². The van der Waals surface area contributed by atoms with E-state index < -0.39 is 25.1 Å². The smallest absolute Gasteiger partial charge is 0.387 e. The van der Waals surface area contributed by atoms with Crippen LogP contribution in [-0.2, 0) is 16.1 Å². The second kappa shape index (κ2) is 10.1. The Kier molecular flexibility index (Phi) is 7.55. The van der Waals surface area contributed by atoms with Crippen molar-refractivity contribution in [2.24, 2.45) is 0 Å². The molecule has 0 saturated heterocycles. The highest BCUT2D eigenvalue weighted by atomic mass is 19.3. The summed E-state index contributed by atoms with van der Waals surface area (Å²) in [4.78, 5) is 23.8. The fourth-order valence-corrected chi connectivity index (χ4v) is 2.26. The summed E-state index contributed by atoms with van der Waals surface area (Å²) in [5.41, 5.74) is 0.750. The average Bonchev–Trinajstić information content (AvgIpc) is 2.69. The van der Waals surface area contributed by atoms with Crippen LogP contribution >= 0.6 is 0 Å². The summed E-state index contributed by atoms with van der Waals surface area (Å²) < 4.78 is 43.8. The molecule has 0 spiro atoms. The Balaban J connectivity index is 1.84. The van der Waals surface area contributed by atoms with Gasteiger partial charge in [-0.15, -0.1) is 0 Å². The first kappa shape index (κ1) is 20.9. The molecule has 0 fully saturated rings. The van der Waals surface area contributed by atoms with Crippen molar-refractivity contribution in [2.75, 3.05) is 20.8 Å². The molecule has 2 aromatic carbocycles. The van der Waals surface area contributed by atoms with Gasteiger partial charge in [-0.2, -0.15) is 8.78 Å². The minimum atomic E-state index is -3.01. The van der Waals surface area contributed by atoms with Gasteiger partial charge in [0.1, 0.15) is 5.75 Å². The van der Waals surface area contributed by atoms with Crippen molar-refractivity contribution < 1.29 is 37.3 Å². The number of nitrogens with one attached hydrogen (secondary N) is 1. The van der Waals surface area contributed by atoms with E-state index >= 15 is 0 Å². The molecule has 0 aromatic heterocycles. The number of ether oxygens (including phenoxy) is 4. The lowest BCUT2D eigenvalue weighted by Gasteiger charge is -2.11. The quantitative estimate of drug-likeness (QED) is 0.658. The maximum Gasteiger partial charge on any atom is 0.387 e. The molecule has 28 heavy (non-hydrogen) atoms. The van der Waals surface area contributed by atoms with E-state index in [1.807, 2.05) is 0 Å². The van der Waals surface area contributed by atoms with Crippen molar-refractivity contribution in [1.82, 2.24) is 5.32 Å². The standard InChI is InChI=1S/C19H19F2NO6/c1-25-15-7-6-12(8-16(15)26-2)10-22-17(23)11-27-18(24)13-4-3-5-14(9-13)28-19(20)21/h3-9,19H,10-11H2,1-2H3,(H,22,23). The zero-order valence-electron chi connectivity index (χ0n) is 15.2. The molecule has 0 aliphatic carbocycles. The Morgan fingerprint density at radius 2 is 1.79 bits per heavy atom. The van der Waals surface area contributed by atoms with Gasteiger partial charge in [-0.05, 0) is 35.9 Å². The van der Waals surface area contributed by atoms with Crippen molar-refractivity contribution in [3.63, 3.8) is 0 Å². The second-order valence-electron chi connectivity index (χ2n) is 5.45. The number of carbonyl (C=O) groups excluding carboxylic acids is 2. The molecular formula is C19H19F2NO6. The van der Waals surface area contributed by atoms with Gasteiger partial charge in [0.15, 0.2) is 18.1 Å². The van der Waals surface area contributed by atoms with E-state index in [0.29, 0.717) is 11.5 Å². The maximum atomic E-state index is 12.2. The molecule has 2 aromatic rings. The van der Waals surface area contributed by atoms with Gasteiger partial charge in [0.05, 0.1) is 19.8 Å². The molecule has 9 heteroatoms. The Bertz CT molecular complexity index is 828. The SMILES string of the molecule is COc1ccc(CNC(=O)COC(=O)c2cccc(OC(F)F)c2)cc1OC. The third-order valence-corrected chi connectivity index (χ3v) is 3.57. The molecule has 0 heterocycles. The summed E-state index contributed by atoms with van der Waals surface area (Å²) in [6.07, 6.45) is 0. The molecule has 2 rings (SSSR count). The zero-order chi connectivity index (χ0) is 20.5. The van der Waals surface area contributed by atoms with Crippen molar-refractivity contribution >= 4 is 11.9 Å². The maximum absolute atomic E-state index is 12.2. The molecule has 0 atom stereocenters. The van der Waals surface area contributed by atoms with Crippen LogP contribution in [0.2, 0.25) is 0 Å². The number of benzene rings is 2. The molecule has 0 aliphatic heterocycles. The number of rotatable bonds is 9. The summed E-state index contributed by atoms with van der Waals surface area (Å²) >= 11 is 0. The van der Waals surface area contributed by atoms with Crippen molar-refractivity contribution in [3.8, 4) is 17.2 Å². The van der Waals surface area contributed by atoms with Crippen molar-refractivity contribution in [1.29, 1.82) is 0 Å². The molecule has 0 aliphatic rings. The van der Waals surface area contributed by atoms with E-state index in [9.17, 15) is 18.4 Å². The molecule has 1 N–H and O–H groups in total. The monoisotopic (exact) mass is 395 g/mol. The van der Waals surface area contributed by atoms with Gasteiger partial charge >= 0.3 is 12.6 Å². The highest BCUT2D eigenvalue weighted by Gasteiger charge is 2.13. The molecule has 150 valence electrons. The first-order chi connectivity index (χ1) is 13.4. The molecular weight excluding hydrogens is 376 g/mol. The minimum Gasteiger partial charge on any atom is -0.493 e. The van der Waals surface area contributed by atoms with E-state index in [2.05, 4.69) is 10.1 Å². The Morgan fingerprint density at radius 3 is 2.46 bits per heavy atom. The molecule has 0 radical (unpaired) electrons. The van der Waals surface area contributed by atoms with Gasteiger partial charge in [0.2, 0.25) is 0 Å². The minimum absolute atomic E-state index is 0.00848. The number of alkyl halides is 2. The lowest BCUT2D eigenvalue weighted by Crippen LogP contribution is -2.28. The highest BCUT2D eigenvalue weighted by Crippen LogP contribution is 2.27. The summed E-state index contributed by atoms with van der Waals surface area (Å²) in [6.45, 7) is -3.34. The van der Waals surface area contributed by atoms with Crippen LogP contribution in [0.1, 0.15) is 15.9 Å². The fraction of sp³-hybridized carbons (Fsp3) is 0.263. The van der Waals surface area contributed by atoms with Gasteiger partial charge in [0, 0.05) is 6.54 Å². The summed E-state index contributed by atoms with van der Waals surface area (Å²) in [5.74, 6) is -0.456. The lowest BCUT2D eigenvalue weighted by atomic mass is 10.2. The Hall–Kier alpha value is -3.36. The van der Waals surface area contributed by atoms with E-state index in [1.165, 1.54) is 32.4 Å². The number of carbonyl (C=O) groups is 2.